The predicted octanol–water partition coefficient (Wildman–Crippen LogP) is 4.57. The predicted molar refractivity (Wildman–Crippen MR) is 98.8 cm³/mol. The molecule has 140 valence electrons. The molecule has 0 aliphatic carbocycles. The second kappa shape index (κ2) is 19.1. The van der Waals surface area contributed by atoms with Crippen LogP contribution >= 0.6 is 7.82 Å². The largest absolute Gasteiger partial charge is 2.00 e. The van der Waals surface area contributed by atoms with Crippen LogP contribution in [-0.2, 0) is 9.09 Å². The molecule has 0 aromatic rings. The summed E-state index contributed by atoms with van der Waals surface area (Å²) in [6.45, 7) is 4.48. The van der Waals surface area contributed by atoms with E-state index in [4.69, 9.17) is 0 Å². The second-order valence-corrected chi connectivity index (χ2v) is 7.87. The molecule has 4 nitrogen and oxygen atoms in total. The van der Waals surface area contributed by atoms with E-state index in [0.29, 0.717) is 0 Å². The van der Waals surface area contributed by atoms with Gasteiger partial charge < -0.3 is 18.9 Å². The first kappa shape index (κ1) is 27.6. The maximum absolute atomic E-state index is 10.7. The average molecular weight is 389 g/mol. The summed E-state index contributed by atoms with van der Waals surface area (Å²) in [6, 6.07) is 0. The van der Waals surface area contributed by atoms with Gasteiger partial charge in [-0.25, -0.2) is 0 Å². The van der Waals surface area contributed by atoms with Crippen molar-refractivity contribution in [2.24, 2.45) is 5.92 Å². The van der Waals surface area contributed by atoms with Crippen LogP contribution in [0.5, 0.6) is 0 Å². The van der Waals surface area contributed by atoms with Crippen molar-refractivity contribution in [3.05, 3.63) is 0 Å². The molecule has 0 N–H and O–H groups in total. The van der Waals surface area contributed by atoms with Gasteiger partial charge in [0.25, 0.3) is 0 Å². The molecular formula is C18H37CaO4P. The first-order valence-electron chi connectivity index (χ1n) is 9.66. The molecule has 0 radical (unpaired) electrons. The Kier molecular flexibility index (Phi) is 22.0. The van der Waals surface area contributed by atoms with Gasteiger partial charge in [-0.3, -0.25) is 0 Å². The van der Waals surface area contributed by atoms with Gasteiger partial charge in [0, 0.05) is 0 Å². The summed E-state index contributed by atoms with van der Waals surface area (Å²) >= 11 is 0. The number of hydrogen-bond donors (Lipinski definition) is 0. The summed E-state index contributed by atoms with van der Waals surface area (Å²) in [5.74, 6) is 0.211. The van der Waals surface area contributed by atoms with Gasteiger partial charge in [-0.2, -0.15) is 0 Å². The molecular weight excluding hydrogens is 351 g/mol. The van der Waals surface area contributed by atoms with Crippen LogP contribution in [0.15, 0.2) is 0 Å². The smallest absolute Gasteiger partial charge is 0.790 e. The minimum absolute atomic E-state index is 0. The van der Waals surface area contributed by atoms with Gasteiger partial charge >= 0.3 is 37.7 Å². The van der Waals surface area contributed by atoms with Gasteiger partial charge in [0.1, 0.15) is 0 Å². The van der Waals surface area contributed by atoms with Crippen LogP contribution in [0.25, 0.3) is 0 Å². The van der Waals surface area contributed by atoms with E-state index in [2.05, 4.69) is 18.4 Å². The number of phosphoric ester groups is 1. The molecule has 0 saturated carbocycles. The zero-order valence-corrected chi connectivity index (χ0v) is 19.1. The Morgan fingerprint density at radius 2 is 1.12 bits per heavy atom. The van der Waals surface area contributed by atoms with Crippen LogP contribution < -0.4 is 9.79 Å². The summed E-state index contributed by atoms with van der Waals surface area (Å²) in [5, 5.41) is 0. The van der Waals surface area contributed by atoms with Crippen LogP contribution in [0.3, 0.4) is 0 Å². The van der Waals surface area contributed by atoms with Gasteiger partial charge in [0.2, 0.25) is 0 Å². The zero-order valence-electron chi connectivity index (χ0n) is 16.0. The summed E-state index contributed by atoms with van der Waals surface area (Å²) < 4.78 is 15.2. The maximum Gasteiger partial charge on any atom is 2.00 e. The number of rotatable bonds is 17. The van der Waals surface area contributed by atoms with Crippen molar-refractivity contribution in [3.63, 3.8) is 0 Å². The Morgan fingerprint density at radius 3 is 1.54 bits per heavy atom. The Labute approximate surface area is 179 Å². The molecule has 0 rings (SSSR count). The summed E-state index contributed by atoms with van der Waals surface area (Å²) in [6.07, 6.45) is 16.8. The van der Waals surface area contributed by atoms with E-state index >= 15 is 0 Å². The number of unbranched alkanes of at least 4 members (excludes halogenated alkanes) is 10. The molecule has 6 heteroatoms. The fourth-order valence-electron chi connectivity index (χ4n) is 2.93. The molecule has 0 saturated heterocycles. The minimum atomic E-state index is -4.83. The molecule has 1 unspecified atom stereocenters. The molecule has 0 heterocycles. The molecule has 0 spiro atoms. The molecule has 0 bridgehead atoms. The molecule has 0 aromatic heterocycles. The van der Waals surface area contributed by atoms with E-state index in [1.54, 1.807) is 0 Å². The fourth-order valence-corrected chi connectivity index (χ4v) is 3.33. The molecule has 0 amide bonds. The molecule has 1 atom stereocenters. The third-order valence-electron chi connectivity index (χ3n) is 4.40. The SMILES string of the molecule is CCCCCCCCCCC(CCCCCC)COP(=O)([O-])[O-].[Ca+2]. The number of phosphoric acid groups is 1. The van der Waals surface area contributed by atoms with Gasteiger partial charge in [-0.15, -0.1) is 0 Å². The molecule has 0 aliphatic rings. The molecule has 0 aliphatic heterocycles. The van der Waals surface area contributed by atoms with Crippen LogP contribution in [0.1, 0.15) is 104 Å². The van der Waals surface area contributed by atoms with Crippen molar-refractivity contribution in [1.29, 1.82) is 0 Å². The van der Waals surface area contributed by atoms with Crippen molar-refractivity contribution >= 4 is 45.6 Å². The monoisotopic (exact) mass is 388 g/mol. The standard InChI is InChI=1S/C18H39O4P.Ca/c1-3-5-7-9-10-11-12-14-16-18(15-13-8-6-4-2)17-22-23(19,20)21;/h18H,3-17H2,1-2H3,(H2,19,20,21);/q;+2/p-2. The number of hydrogen-bond acceptors (Lipinski definition) is 4. The van der Waals surface area contributed by atoms with Crippen LogP contribution in [0.4, 0.5) is 0 Å². The van der Waals surface area contributed by atoms with Crippen molar-refractivity contribution in [2.45, 2.75) is 104 Å². The van der Waals surface area contributed by atoms with Crippen molar-refractivity contribution in [3.8, 4) is 0 Å². The van der Waals surface area contributed by atoms with E-state index in [1.807, 2.05) is 0 Å². The first-order chi connectivity index (χ1) is 11.0. The summed E-state index contributed by atoms with van der Waals surface area (Å²) in [7, 11) is -4.83. The van der Waals surface area contributed by atoms with Gasteiger partial charge in [-0.1, -0.05) is 90.9 Å². The van der Waals surface area contributed by atoms with E-state index in [-0.39, 0.29) is 50.3 Å². The third-order valence-corrected chi connectivity index (χ3v) is 4.87. The second-order valence-electron chi connectivity index (χ2n) is 6.72. The minimum Gasteiger partial charge on any atom is -0.790 e. The van der Waals surface area contributed by atoms with E-state index in [9.17, 15) is 14.4 Å². The Hall–Kier alpha value is 1.37. The van der Waals surface area contributed by atoms with Crippen LogP contribution in [0.2, 0.25) is 0 Å². The van der Waals surface area contributed by atoms with E-state index in [0.717, 1.165) is 25.7 Å². The van der Waals surface area contributed by atoms with Gasteiger partial charge in [0.15, 0.2) is 0 Å². The van der Waals surface area contributed by atoms with E-state index < -0.39 is 7.82 Å². The fraction of sp³-hybridized carbons (Fsp3) is 1.00. The normalized spacial score (nSPS) is 12.8. The van der Waals surface area contributed by atoms with E-state index in [1.165, 1.54) is 64.2 Å². The van der Waals surface area contributed by atoms with Gasteiger partial charge in [-0.05, 0) is 18.8 Å². The van der Waals surface area contributed by atoms with Crippen LogP contribution in [0, 0.1) is 5.92 Å². The average Bonchev–Trinajstić information content (AvgIpc) is 2.50. The molecule has 24 heavy (non-hydrogen) atoms. The Bertz CT molecular complexity index is 297. The quantitative estimate of drug-likeness (QED) is 0.208. The van der Waals surface area contributed by atoms with Crippen molar-refractivity contribution in [1.82, 2.24) is 0 Å². The van der Waals surface area contributed by atoms with Crippen molar-refractivity contribution in [2.75, 3.05) is 6.61 Å². The Morgan fingerprint density at radius 1 is 0.750 bits per heavy atom. The maximum atomic E-state index is 10.7. The van der Waals surface area contributed by atoms with Crippen molar-refractivity contribution < 1.29 is 18.9 Å². The Balaban J connectivity index is 0. The topological polar surface area (TPSA) is 72.4 Å². The van der Waals surface area contributed by atoms with Gasteiger partial charge in [0.05, 0.1) is 14.4 Å². The van der Waals surface area contributed by atoms with Crippen LogP contribution in [-0.4, -0.2) is 44.3 Å². The summed E-state index contributed by atoms with van der Waals surface area (Å²) in [5.41, 5.74) is 0. The zero-order chi connectivity index (χ0) is 17.4. The first-order valence-corrected chi connectivity index (χ1v) is 11.1. The molecule has 0 aromatic carbocycles. The third kappa shape index (κ3) is 21.4. The summed E-state index contributed by atoms with van der Waals surface area (Å²) in [4.78, 5) is 21.3. The molecule has 0 fully saturated rings.